The predicted molar refractivity (Wildman–Crippen MR) is 176 cm³/mol. The van der Waals surface area contributed by atoms with E-state index in [9.17, 15) is 18.0 Å². The van der Waals surface area contributed by atoms with Crippen LogP contribution < -0.4 is 14.4 Å². The maximum absolute atomic E-state index is 13.7. The number of halogens is 4. The van der Waals surface area contributed by atoms with Crippen LogP contribution in [0.5, 0.6) is 11.8 Å². The van der Waals surface area contributed by atoms with Crippen molar-refractivity contribution in [3.8, 4) is 29.0 Å². The Morgan fingerprint density at radius 3 is 2.21 bits per heavy atom. The molecule has 0 saturated carbocycles. The van der Waals surface area contributed by atoms with Gasteiger partial charge in [-0.05, 0) is 50.0 Å². The topological polar surface area (TPSA) is 108 Å². The van der Waals surface area contributed by atoms with Crippen LogP contribution in [0.3, 0.4) is 0 Å². The Hall–Kier alpha value is -4.67. The van der Waals surface area contributed by atoms with Crippen LogP contribution in [0.25, 0.3) is 32.9 Å². The van der Waals surface area contributed by atoms with Crippen LogP contribution in [0.1, 0.15) is 19.8 Å². The first kappa shape index (κ1) is 35.2. The van der Waals surface area contributed by atoms with Crippen molar-refractivity contribution in [2.45, 2.75) is 26.4 Å². The average Bonchev–Trinajstić information content (AvgIpc) is 3.55. The number of nitrogens with zero attached hydrogens (tertiary/aromatic N) is 7. The highest BCUT2D eigenvalue weighted by molar-refractivity contribution is 6.36. The number of likely N-dealkylation sites (tertiary alicyclic amines) is 1. The van der Waals surface area contributed by atoms with Gasteiger partial charge in [0.25, 0.3) is 5.91 Å². The first-order valence-electron chi connectivity index (χ1n) is 14.8. The van der Waals surface area contributed by atoms with E-state index in [2.05, 4.69) is 33.5 Å². The Kier molecular flexibility index (Phi) is 12.2. The fraction of sp³-hybridized carbons (Fsp3) is 0.364. The van der Waals surface area contributed by atoms with E-state index in [-0.39, 0.29) is 54.5 Å². The van der Waals surface area contributed by atoms with Gasteiger partial charge in [0, 0.05) is 55.3 Å². The fourth-order valence-electron chi connectivity index (χ4n) is 5.42. The SMILES string of the molecule is C=C(F)C(=O)N1CCN(c2nc(OC)nc3c(OC(F)F)c(-c4cccc5cccc(Cl)c45)cnc23)CC1.CC#N.CN1CCCC1. The van der Waals surface area contributed by atoms with Gasteiger partial charge in [-0.25, -0.2) is 9.37 Å². The average molecular weight is 670 g/mol. The van der Waals surface area contributed by atoms with Gasteiger partial charge in [-0.2, -0.15) is 24.0 Å². The molecule has 1 amide bonds. The van der Waals surface area contributed by atoms with Gasteiger partial charge in [0.1, 0.15) is 11.0 Å². The molecule has 2 fully saturated rings. The lowest BCUT2D eigenvalue weighted by Crippen LogP contribution is -2.49. The summed E-state index contributed by atoms with van der Waals surface area (Å²) in [5.41, 5.74) is 1.02. The van der Waals surface area contributed by atoms with Crippen LogP contribution in [0.4, 0.5) is 19.0 Å². The molecule has 0 N–H and O–H groups in total. The van der Waals surface area contributed by atoms with Gasteiger partial charge in [-0.3, -0.25) is 4.79 Å². The normalized spacial score (nSPS) is 14.6. The monoisotopic (exact) mass is 669 g/mol. The minimum Gasteiger partial charge on any atom is -0.467 e. The number of ether oxygens (including phenoxy) is 2. The van der Waals surface area contributed by atoms with E-state index in [4.69, 9.17) is 26.3 Å². The summed E-state index contributed by atoms with van der Waals surface area (Å²) in [5.74, 6) is -1.72. The number of nitriles is 1. The molecule has 0 spiro atoms. The van der Waals surface area contributed by atoms with Crippen LogP contribution in [-0.2, 0) is 4.79 Å². The van der Waals surface area contributed by atoms with Crippen molar-refractivity contribution in [2.24, 2.45) is 0 Å². The second-order valence-electron chi connectivity index (χ2n) is 10.7. The summed E-state index contributed by atoms with van der Waals surface area (Å²) in [6.45, 7) is 4.93. The van der Waals surface area contributed by atoms with Gasteiger partial charge in [-0.1, -0.05) is 48.5 Å². The maximum Gasteiger partial charge on any atom is 0.387 e. The molecule has 2 aromatic heterocycles. The quantitative estimate of drug-likeness (QED) is 0.213. The smallest absolute Gasteiger partial charge is 0.387 e. The number of anilines is 1. The molecule has 14 heteroatoms. The second kappa shape index (κ2) is 16.2. The third-order valence-electron chi connectivity index (χ3n) is 7.59. The number of hydrogen-bond acceptors (Lipinski definition) is 9. The van der Waals surface area contributed by atoms with Crippen molar-refractivity contribution < 1.29 is 27.4 Å². The summed E-state index contributed by atoms with van der Waals surface area (Å²) in [6.07, 6.45) is 4.25. The molecule has 0 aliphatic carbocycles. The van der Waals surface area contributed by atoms with Crippen molar-refractivity contribution in [2.75, 3.05) is 58.3 Å². The van der Waals surface area contributed by atoms with Crippen molar-refractivity contribution in [3.05, 3.63) is 60.0 Å². The Balaban J connectivity index is 0.000000486. The van der Waals surface area contributed by atoms with Gasteiger partial charge in [-0.15, -0.1) is 0 Å². The Morgan fingerprint density at radius 1 is 1.02 bits per heavy atom. The minimum atomic E-state index is -3.16. The van der Waals surface area contributed by atoms with Gasteiger partial charge in [0.05, 0.1) is 13.2 Å². The van der Waals surface area contributed by atoms with Gasteiger partial charge in [0.2, 0.25) is 0 Å². The minimum absolute atomic E-state index is 0.0179. The molecule has 10 nitrogen and oxygen atoms in total. The van der Waals surface area contributed by atoms with Crippen LogP contribution in [0, 0.1) is 11.3 Å². The highest BCUT2D eigenvalue weighted by Crippen LogP contribution is 2.43. The molecule has 2 aliphatic rings. The molecule has 4 aromatic rings. The summed E-state index contributed by atoms with van der Waals surface area (Å²) in [6, 6.07) is 12.4. The lowest BCUT2D eigenvalue weighted by molar-refractivity contribution is -0.128. The van der Waals surface area contributed by atoms with Crippen LogP contribution in [0.2, 0.25) is 5.02 Å². The van der Waals surface area contributed by atoms with Crippen molar-refractivity contribution in [1.29, 1.82) is 5.26 Å². The Labute approximate surface area is 276 Å². The number of fused-ring (bicyclic) bond motifs is 2. The predicted octanol–water partition coefficient (Wildman–Crippen LogP) is 6.48. The van der Waals surface area contributed by atoms with E-state index in [1.165, 1.54) is 51.1 Å². The second-order valence-corrected chi connectivity index (χ2v) is 11.1. The molecule has 0 bridgehead atoms. The molecule has 2 saturated heterocycles. The largest absolute Gasteiger partial charge is 0.467 e. The molecule has 47 heavy (non-hydrogen) atoms. The number of methoxy groups -OCH3 is 1. The Bertz CT molecular complexity index is 1770. The zero-order chi connectivity index (χ0) is 34.1. The van der Waals surface area contributed by atoms with E-state index >= 15 is 0 Å². The highest BCUT2D eigenvalue weighted by Gasteiger charge is 2.28. The maximum atomic E-state index is 13.7. The molecule has 2 aliphatic heterocycles. The van der Waals surface area contributed by atoms with Crippen LogP contribution in [-0.4, -0.2) is 90.7 Å². The lowest BCUT2D eigenvalue weighted by atomic mass is 9.98. The summed E-state index contributed by atoms with van der Waals surface area (Å²) in [7, 11) is 3.52. The van der Waals surface area contributed by atoms with Gasteiger partial charge in [0.15, 0.2) is 17.4 Å². The molecular weight excluding hydrogens is 635 g/mol. The van der Waals surface area contributed by atoms with Crippen molar-refractivity contribution >= 4 is 45.1 Å². The fourth-order valence-corrected chi connectivity index (χ4v) is 5.70. The number of carbonyl (C=O) groups is 1. The lowest BCUT2D eigenvalue weighted by Gasteiger charge is -2.35. The van der Waals surface area contributed by atoms with Crippen molar-refractivity contribution in [3.63, 3.8) is 0 Å². The molecule has 0 atom stereocenters. The van der Waals surface area contributed by atoms with Crippen LogP contribution in [0.15, 0.2) is 55.0 Å². The molecule has 0 unspecified atom stereocenters. The van der Waals surface area contributed by atoms with Gasteiger partial charge >= 0.3 is 12.6 Å². The third-order valence-corrected chi connectivity index (χ3v) is 7.90. The first-order valence-corrected chi connectivity index (χ1v) is 15.2. The highest BCUT2D eigenvalue weighted by atomic mass is 35.5. The van der Waals surface area contributed by atoms with Gasteiger partial charge < -0.3 is 24.2 Å². The molecule has 2 aromatic carbocycles. The number of carbonyl (C=O) groups excluding carboxylic acids is 1. The number of rotatable bonds is 6. The number of amides is 1. The third kappa shape index (κ3) is 8.38. The molecular formula is C33H35ClF3N7O3. The number of hydrogen-bond donors (Lipinski definition) is 0. The van der Waals surface area contributed by atoms with Crippen molar-refractivity contribution in [1.82, 2.24) is 24.8 Å². The number of piperazine rings is 1. The summed E-state index contributed by atoms with van der Waals surface area (Å²) < 4.78 is 51.1. The summed E-state index contributed by atoms with van der Waals surface area (Å²) >= 11 is 6.50. The number of pyridine rings is 1. The number of alkyl halides is 2. The standard InChI is InChI=1S/C26H21ClF3N5O3.C5H11N.C2H3N/c1-14(28)24(36)35-11-9-34(10-12-35)23-21-20(32-26(33-23)37-2)22(38-25(29)30)17(13-31-21)16-7-3-5-15-6-4-8-18(27)19(15)16;1-6-4-2-3-5-6;1-2-3/h3-8,13,25H,1,9-12H2,2H3;2-5H2,1H3;1H3. The summed E-state index contributed by atoms with van der Waals surface area (Å²) in [5, 5.41) is 9.21. The Morgan fingerprint density at radius 2 is 1.66 bits per heavy atom. The zero-order valence-corrected chi connectivity index (χ0v) is 27.1. The van der Waals surface area contributed by atoms with E-state index in [1.54, 1.807) is 35.2 Å². The molecule has 6 rings (SSSR count). The number of aromatic nitrogens is 3. The van der Waals surface area contributed by atoms with Crippen LogP contribution >= 0.6 is 11.6 Å². The van der Waals surface area contributed by atoms with E-state index in [1.807, 2.05) is 12.1 Å². The molecule has 248 valence electrons. The summed E-state index contributed by atoms with van der Waals surface area (Å²) in [4.78, 5) is 30.7. The van der Waals surface area contributed by atoms with E-state index in [0.717, 1.165) is 5.39 Å². The number of benzene rings is 2. The zero-order valence-electron chi connectivity index (χ0n) is 26.3. The first-order chi connectivity index (χ1) is 22.6. The van der Waals surface area contributed by atoms with E-state index in [0.29, 0.717) is 21.8 Å². The van der Waals surface area contributed by atoms with E-state index < -0.39 is 18.3 Å². The molecule has 0 radical (unpaired) electrons. The molecule has 4 heterocycles.